The summed E-state index contributed by atoms with van der Waals surface area (Å²) in [6, 6.07) is 7.64. The summed E-state index contributed by atoms with van der Waals surface area (Å²) in [7, 11) is 0. The Morgan fingerprint density at radius 1 is 1.38 bits per heavy atom. The first-order valence-electron chi connectivity index (χ1n) is 8.49. The van der Waals surface area contributed by atoms with Crippen molar-refractivity contribution >= 4 is 5.91 Å². The molecule has 0 bridgehead atoms. The number of rotatable bonds is 5. The molecular formula is C17H24N6O. The van der Waals surface area contributed by atoms with Gasteiger partial charge >= 0.3 is 0 Å². The zero-order chi connectivity index (χ0) is 16.9. The zero-order valence-electron chi connectivity index (χ0n) is 14.2. The van der Waals surface area contributed by atoms with Crippen LogP contribution in [0.4, 0.5) is 0 Å². The number of nitrogens with one attached hydrogen (secondary N) is 1. The molecule has 1 saturated heterocycles. The van der Waals surface area contributed by atoms with Crippen molar-refractivity contribution in [2.75, 3.05) is 19.6 Å². The SMILES string of the molecule is CC1CCN([C@@H](C)CNC(=O)c2cccc(-n3cnnn3)c2)CC1. The van der Waals surface area contributed by atoms with Gasteiger partial charge in [0.1, 0.15) is 6.33 Å². The Morgan fingerprint density at radius 2 is 2.17 bits per heavy atom. The molecule has 1 aromatic carbocycles. The van der Waals surface area contributed by atoms with Crippen LogP contribution in [-0.4, -0.2) is 56.7 Å². The number of likely N-dealkylation sites (tertiary alicyclic amines) is 1. The molecule has 2 heterocycles. The molecule has 1 aromatic heterocycles. The molecule has 7 heteroatoms. The average molecular weight is 328 g/mol. The second-order valence-electron chi connectivity index (χ2n) is 6.58. The lowest BCUT2D eigenvalue weighted by Gasteiger charge is -2.35. The van der Waals surface area contributed by atoms with E-state index in [4.69, 9.17) is 0 Å². The molecule has 1 amide bonds. The molecule has 128 valence electrons. The van der Waals surface area contributed by atoms with Crippen molar-refractivity contribution in [3.8, 4) is 5.69 Å². The third kappa shape index (κ3) is 3.97. The lowest BCUT2D eigenvalue weighted by atomic mass is 9.98. The molecule has 24 heavy (non-hydrogen) atoms. The molecule has 1 aliphatic heterocycles. The van der Waals surface area contributed by atoms with Crippen molar-refractivity contribution in [3.05, 3.63) is 36.2 Å². The van der Waals surface area contributed by atoms with Crippen LogP contribution < -0.4 is 5.32 Å². The zero-order valence-corrected chi connectivity index (χ0v) is 14.2. The largest absolute Gasteiger partial charge is 0.350 e. The normalized spacial score (nSPS) is 17.6. The number of tetrazole rings is 1. The number of carbonyl (C=O) groups is 1. The van der Waals surface area contributed by atoms with E-state index in [0.717, 1.165) is 24.7 Å². The molecular weight excluding hydrogens is 304 g/mol. The summed E-state index contributed by atoms with van der Waals surface area (Å²) in [6.07, 6.45) is 4.00. The maximum atomic E-state index is 12.4. The Morgan fingerprint density at radius 3 is 2.88 bits per heavy atom. The van der Waals surface area contributed by atoms with E-state index < -0.39 is 0 Å². The smallest absolute Gasteiger partial charge is 0.251 e. The number of benzene rings is 1. The minimum absolute atomic E-state index is 0.0675. The molecule has 1 aliphatic rings. The van der Waals surface area contributed by atoms with E-state index in [0.29, 0.717) is 18.2 Å². The van der Waals surface area contributed by atoms with Crippen molar-refractivity contribution in [2.45, 2.75) is 32.7 Å². The Labute approximate surface area is 142 Å². The summed E-state index contributed by atoms with van der Waals surface area (Å²) in [6.45, 7) is 7.37. The second-order valence-corrected chi connectivity index (χ2v) is 6.58. The minimum atomic E-state index is -0.0675. The van der Waals surface area contributed by atoms with Crippen molar-refractivity contribution in [1.29, 1.82) is 0 Å². The number of amides is 1. The van der Waals surface area contributed by atoms with E-state index in [1.165, 1.54) is 23.9 Å². The molecule has 1 N–H and O–H groups in total. The van der Waals surface area contributed by atoms with Gasteiger partial charge in [0, 0.05) is 18.2 Å². The summed E-state index contributed by atoms with van der Waals surface area (Å²) in [5, 5.41) is 14.1. The standard InChI is InChI=1S/C17H24N6O/c1-13-6-8-22(9-7-13)14(2)11-18-17(24)15-4-3-5-16(10-15)23-12-19-20-21-23/h3-5,10,12-14H,6-9,11H2,1-2H3,(H,18,24)/t14-/m0/s1. The monoisotopic (exact) mass is 328 g/mol. The summed E-state index contributed by atoms with van der Waals surface area (Å²) in [5.41, 5.74) is 1.38. The summed E-state index contributed by atoms with van der Waals surface area (Å²) >= 11 is 0. The van der Waals surface area contributed by atoms with Crippen LogP contribution in [0.2, 0.25) is 0 Å². The third-order valence-corrected chi connectivity index (χ3v) is 4.72. The molecule has 0 aliphatic carbocycles. The predicted octanol–water partition coefficient (Wildman–Crippen LogP) is 1.51. The fraction of sp³-hybridized carbons (Fsp3) is 0.529. The van der Waals surface area contributed by atoms with Crippen LogP contribution in [0.3, 0.4) is 0 Å². The maximum Gasteiger partial charge on any atom is 0.251 e. The highest BCUT2D eigenvalue weighted by atomic mass is 16.1. The van der Waals surface area contributed by atoms with Gasteiger partial charge in [0.2, 0.25) is 0 Å². The van der Waals surface area contributed by atoms with Crippen LogP contribution in [0.5, 0.6) is 0 Å². The van der Waals surface area contributed by atoms with Gasteiger partial charge in [-0.2, -0.15) is 0 Å². The number of carbonyl (C=O) groups excluding carboxylic acids is 1. The maximum absolute atomic E-state index is 12.4. The summed E-state index contributed by atoms with van der Waals surface area (Å²) < 4.78 is 1.54. The second kappa shape index (κ2) is 7.53. The number of aromatic nitrogens is 4. The summed E-state index contributed by atoms with van der Waals surface area (Å²) in [4.78, 5) is 14.9. The van der Waals surface area contributed by atoms with E-state index in [1.54, 1.807) is 12.1 Å². The fourth-order valence-electron chi connectivity index (χ4n) is 3.01. The average Bonchev–Trinajstić information content (AvgIpc) is 3.15. The molecule has 7 nitrogen and oxygen atoms in total. The molecule has 1 fully saturated rings. The highest BCUT2D eigenvalue weighted by Gasteiger charge is 2.20. The fourth-order valence-corrected chi connectivity index (χ4v) is 3.01. The van der Waals surface area contributed by atoms with Crippen LogP contribution in [0.25, 0.3) is 5.69 Å². The van der Waals surface area contributed by atoms with Gasteiger partial charge in [-0.05, 0) is 67.4 Å². The van der Waals surface area contributed by atoms with E-state index in [9.17, 15) is 4.79 Å². The first-order chi connectivity index (χ1) is 11.6. The number of nitrogens with zero attached hydrogens (tertiary/aromatic N) is 5. The van der Waals surface area contributed by atoms with E-state index in [2.05, 4.69) is 39.6 Å². The molecule has 1 atom stereocenters. The number of hydrogen-bond acceptors (Lipinski definition) is 5. The minimum Gasteiger partial charge on any atom is -0.350 e. The molecule has 0 spiro atoms. The lowest BCUT2D eigenvalue weighted by molar-refractivity contribution is 0.0921. The van der Waals surface area contributed by atoms with Gasteiger partial charge < -0.3 is 5.32 Å². The molecule has 0 saturated carbocycles. The quantitative estimate of drug-likeness (QED) is 0.900. The lowest BCUT2D eigenvalue weighted by Crippen LogP contribution is -2.45. The summed E-state index contributed by atoms with van der Waals surface area (Å²) in [5.74, 6) is 0.749. The Kier molecular flexibility index (Phi) is 5.20. The third-order valence-electron chi connectivity index (χ3n) is 4.72. The van der Waals surface area contributed by atoms with Gasteiger partial charge in [-0.1, -0.05) is 13.0 Å². The van der Waals surface area contributed by atoms with Crippen LogP contribution in [0.1, 0.15) is 37.0 Å². The highest BCUT2D eigenvalue weighted by molar-refractivity contribution is 5.94. The highest BCUT2D eigenvalue weighted by Crippen LogP contribution is 2.17. The molecule has 0 radical (unpaired) electrons. The Bertz CT molecular complexity index is 663. The molecule has 0 unspecified atom stereocenters. The Hall–Kier alpha value is -2.28. The van der Waals surface area contributed by atoms with E-state index in [-0.39, 0.29) is 5.91 Å². The van der Waals surface area contributed by atoms with Gasteiger partial charge in [0.15, 0.2) is 0 Å². The van der Waals surface area contributed by atoms with E-state index >= 15 is 0 Å². The Balaban J connectivity index is 1.56. The van der Waals surface area contributed by atoms with Crippen LogP contribution in [-0.2, 0) is 0 Å². The van der Waals surface area contributed by atoms with Gasteiger partial charge in [0.05, 0.1) is 5.69 Å². The van der Waals surface area contributed by atoms with E-state index in [1.807, 2.05) is 12.1 Å². The predicted molar refractivity (Wildman–Crippen MR) is 90.9 cm³/mol. The van der Waals surface area contributed by atoms with Crippen molar-refractivity contribution < 1.29 is 4.79 Å². The molecule has 2 aromatic rings. The van der Waals surface area contributed by atoms with Gasteiger partial charge in [-0.15, -0.1) is 5.10 Å². The van der Waals surface area contributed by atoms with Gasteiger partial charge in [-0.3, -0.25) is 9.69 Å². The van der Waals surface area contributed by atoms with Crippen molar-refractivity contribution in [3.63, 3.8) is 0 Å². The van der Waals surface area contributed by atoms with Crippen LogP contribution in [0, 0.1) is 5.92 Å². The topological polar surface area (TPSA) is 75.9 Å². The first kappa shape index (κ1) is 16.6. The molecule has 3 rings (SSSR count). The van der Waals surface area contributed by atoms with Crippen molar-refractivity contribution in [1.82, 2.24) is 30.4 Å². The first-order valence-corrected chi connectivity index (χ1v) is 8.49. The number of hydrogen-bond donors (Lipinski definition) is 1. The van der Waals surface area contributed by atoms with Gasteiger partial charge in [0.25, 0.3) is 5.91 Å². The van der Waals surface area contributed by atoms with Gasteiger partial charge in [-0.25, -0.2) is 4.68 Å². The van der Waals surface area contributed by atoms with Crippen LogP contribution in [0.15, 0.2) is 30.6 Å². The number of piperidine rings is 1. The van der Waals surface area contributed by atoms with Crippen LogP contribution >= 0.6 is 0 Å². The van der Waals surface area contributed by atoms with Crippen molar-refractivity contribution in [2.24, 2.45) is 5.92 Å².